The van der Waals surface area contributed by atoms with Crippen LogP contribution in [-0.2, 0) is 16.1 Å². The van der Waals surface area contributed by atoms with Crippen molar-refractivity contribution in [3.05, 3.63) is 65.9 Å². The first kappa shape index (κ1) is 23.1. The molecule has 1 aromatic heterocycles. The Kier molecular flexibility index (Phi) is 7.01. The summed E-state index contributed by atoms with van der Waals surface area (Å²) in [5.41, 5.74) is 3.00. The zero-order valence-electron chi connectivity index (χ0n) is 19.4. The first-order valence-electron chi connectivity index (χ1n) is 11.8. The Balaban J connectivity index is 1.22. The number of fused-ring (bicyclic) bond motifs is 1. The van der Waals surface area contributed by atoms with Crippen LogP contribution >= 0.6 is 0 Å². The quantitative estimate of drug-likeness (QED) is 0.547. The number of piperazine rings is 1. The molecule has 1 N–H and O–H groups in total. The summed E-state index contributed by atoms with van der Waals surface area (Å²) in [6.07, 6.45) is 2.84. The van der Waals surface area contributed by atoms with Gasteiger partial charge in [0.2, 0.25) is 4.90 Å². The molecule has 2 saturated heterocycles. The van der Waals surface area contributed by atoms with Gasteiger partial charge < -0.3 is 14.2 Å². The third-order valence-electron chi connectivity index (χ3n) is 6.66. The van der Waals surface area contributed by atoms with Crippen LogP contribution in [0.1, 0.15) is 22.3 Å². The molecular weight excluding hydrogens is 448 g/mol. The lowest BCUT2D eigenvalue weighted by Crippen LogP contribution is -2.49. The van der Waals surface area contributed by atoms with Gasteiger partial charge in [-0.25, -0.2) is 4.72 Å². The molecular formula is C26H30N4O3S. The Bertz CT molecular complexity index is 1150. The van der Waals surface area contributed by atoms with E-state index in [2.05, 4.69) is 14.6 Å². The van der Waals surface area contributed by atoms with Gasteiger partial charge in [0.15, 0.2) is 0 Å². The summed E-state index contributed by atoms with van der Waals surface area (Å²) in [6, 6.07) is 15.0. The highest BCUT2D eigenvalue weighted by Gasteiger charge is 2.26. The van der Waals surface area contributed by atoms with Crippen molar-refractivity contribution < 1.29 is 14.1 Å². The molecule has 2 aliphatic heterocycles. The highest BCUT2D eigenvalue weighted by atomic mass is 32.2. The predicted octanol–water partition coefficient (Wildman–Crippen LogP) is 3.47. The normalized spacial score (nSPS) is 19.9. The molecule has 7 nitrogen and oxygen atoms in total. The monoisotopic (exact) mass is 478 g/mol. The molecule has 8 heteroatoms. The van der Waals surface area contributed by atoms with Crippen molar-refractivity contribution in [2.24, 2.45) is 5.92 Å². The summed E-state index contributed by atoms with van der Waals surface area (Å²) in [6.45, 7) is 8.01. The number of nitrogens with one attached hydrogen (secondary N) is 1. The molecule has 2 fully saturated rings. The van der Waals surface area contributed by atoms with E-state index < -0.39 is 11.4 Å². The van der Waals surface area contributed by atoms with Crippen molar-refractivity contribution >= 4 is 33.9 Å². The van der Waals surface area contributed by atoms with E-state index in [0.29, 0.717) is 22.1 Å². The minimum Gasteiger partial charge on any atom is -0.588 e. The summed E-state index contributed by atoms with van der Waals surface area (Å²) >= 11 is -1.47. The van der Waals surface area contributed by atoms with Gasteiger partial charge in [0, 0.05) is 56.5 Å². The Hall–Kier alpha value is -2.65. The maximum atomic E-state index is 13.2. The zero-order chi connectivity index (χ0) is 23.5. The van der Waals surface area contributed by atoms with Crippen molar-refractivity contribution in [3.8, 4) is 0 Å². The van der Waals surface area contributed by atoms with Crippen LogP contribution in [0, 0.1) is 12.8 Å². The average Bonchev–Trinajstić information content (AvgIpc) is 3.37. The second-order valence-electron chi connectivity index (χ2n) is 9.05. The number of carbonyl (C=O) groups excluding carboxylic acids is 1. The topological polar surface area (TPSA) is 80.8 Å². The van der Waals surface area contributed by atoms with Crippen LogP contribution < -0.4 is 4.72 Å². The van der Waals surface area contributed by atoms with Crippen molar-refractivity contribution in [1.82, 2.24) is 14.8 Å². The maximum absolute atomic E-state index is 13.2. The molecule has 2 atom stereocenters. The largest absolute Gasteiger partial charge is 0.588 e. The minimum absolute atomic E-state index is 0.0623. The van der Waals surface area contributed by atoms with E-state index in [1.165, 1.54) is 0 Å². The summed E-state index contributed by atoms with van der Waals surface area (Å²) in [5.74, 6) is 0.687. The molecule has 2 unspecified atom stereocenters. The smallest absolute Gasteiger partial charge is 0.254 e. The molecule has 0 aliphatic carbocycles. The SMILES string of the molecule is Cc1cc(N[S+]([O-])c2cccc3cccnc23)ccc1C(=O)N1CCN(CC2CCOC2)CC1. The van der Waals surface area contributed by atoms with Crippen molar-refractivity contribution in [3.63, 3.8) is 0 Å². The number of pyridine rings is 1. The Morgan fingerprint density at radius 3 is 2.76 bits per heavy atom. The first-order valence-corrected chi connectivity index (χ1v) is 13.0. The molecule has 0 bridgehead atoms. The van der Waals surface area contributed by atoms with Crippen LogP contribution in [0.25, 0.3) is 10.9 Å². The molecule has 3 aromatic rings. The fourth-order valence-corrected chi connectivity index (χ4v) is 5.75. The lowest BCUT2D eigenvalue weighted by molar-refractivity contribution is 0.0610. The number of aromatic nitrogens is 1. The van der Waals surface area contributed by atoms with Crippen LogP contribution in [0.3, 0.4) is 0 Å². The third-order valence-corrected chi connectivity index (χ3v) is 7.81. The standard InChI is InChI=1S/C26H30N4O3S/c1-19-16-22(28-34(32)24-6-2-4-21-5-3-10-27-25(21)24)7-8-23(19)26(31)30-13-11-29(12-14-30)17-20-9-15-33-18-20/h2-8,10,16,20,28H,9,11-15,17-18H2,1H3. The number of hydrogen-bond acceptors (Lipinski definition) is 6. The molecule has 2 aliphatic rings. The van der Waals surface area contributed by atoms with Gasteiger partial charge in [0.1, 0.15) is 16.9 Å². The summed E-state index contributed by atoms with van der Waals surface area (Å²) in [7, 11) is 0. The fourth-order valence-electron chi connectivity index (χ4n) is 4.75. The number of nitrogens with zero attached hydrogens (tertiary/aromatic N) is 3. The fraction of sp³-hybridized carbons (Fsp3) is 0.385. The maximum Gasteiger partial charge on any atom is 0.254 e. The van der Waals surface area contributed by atoms with Crippen LogP contribution in [0.2, 0.25) is 0 Å². The number of ether oxygens (including phenoxy) is 1. The van der Waals surface area contributed by atoms with E-state index in [0.717, 1.165) is 68.8 Å². The van der Waals surface area contributed by atoms with Crippen LogP contribution in [0.15, 0.2) is 59.6 Å². The van der Waals surface area contributed by atoms with Crippen molar-refractivity contribution in [1.29, 1.82) is 0 Å². The van der Waals surface area contributed by atoms with E-state index in [9.17, 15) is 9.35 Å². The van der Waals surface area contributed by atoms with Crippen molar-refractivity contribution in [2.45, 2.75) is 18.2 Å². The number of amides is 1. The minimum atomic E-state index is -1.47. The van der Waals surface area contributed by atoms with Gasteiger partial charge in [-0.3, -0.25) is 14.7 Å². The summed E-state index contributed by atoms with van der Waals surface area (Å²) < 4.78 is 21.6. The van der Waals surface area contributed by atoms with Crippen LogP contribution in [0.4, 0.5) is 5.69 Å². The zero-order valence-corrected chi connectivity index (χ0v) is 20.2. The Morgan fingerprint density at radius 1 is 1.18 bits per heavy atom. The molecule has 0 saturated carbocycles. The first-order chi connectivity index (χ1) is 16.6. The van der Waals surface area contributed by atoms with Gasteiger partial charge in [-0.05, 0) is 55.2 Å². The molecule has 2 aromatic carbocycles. The lowest BCUT2D eigenvalue weighted by atomic mass is 10.1. The predicted molar refractivity (Wildman–Crippen MR) is 134 cm³/mol. The van der Waals surface area contributed by atoms with Gasteiger partial charge in [-0.15, -0.1) is 0 Å². The lowest BCUT2D eigenvalue weighted by Gasteiger charge is -2.36. The molecule has 178 valence electrons. The molecule has 0 radical (unpaired) electrons. The van der Waals surface area contributed by atoms with E-state index in [4.69, 9.17) is 4.74 Å². The van der Waals surface area contributed by atoms with Gasteiger partial charge in [0.05, 0.1) is 12.3 Å². The second-order valence-corrected chi connectivity index (χ2v) is 10.2. The highest BCUT2D eigenvalue weighted by molar-refractivity contribution is 7.93. The molecule has 3 heterocycles. The van der Waals surface area contributed by atoms with Crippen molar-refractivity contribution in [2.75, 3.05) is 50.7 Å². The van der Waals surface area contributed by atoms with Gasteiger partial charge in [-0.2, -0.15) is 0 Å². The third kappa shape index (κ3) is 5.05. The molecule has 5 rings (SSSR count). The average molecular weight is 479 g/mol. The van der Waals surface area contributed by atoms with E-state index >= 15 is 0 Å². The number of hydrogen-bond donors (Lipinski definition) is 1. The van der Waals surface area contributed by atoms with E-state index in [-0.39, 0.29) is 5.91 Å². The second kappa shape index (κ2) is 10.3. The Morgan fingerprint density at radius 2 is 2.00 bits per heavy atom. The number of anilines is 1. The number of carbonyl (C=O) groups is 1. The number of benzene rings is 2. The van der Waals surface area contributed by atoms with Crippen LogP contribution in [-0.4, -0.2) is 71.2 Å². The number of para-hydroxylation sites is 1. The number of rotatable bonds is 6. The van der Waals surface area contributed by atoms with Gasteiger partial charge >= 0.3 is 0 Å². The van der Waals surface area contributed by atoms with Crippen LogP contribution in [0.5, 0.6) is 0 Å². The molecule has 34 heavy (non-hydrogen) atoms. The summed E-state index contributed by atoms with van der Waals surface area (Å²) in [5, 5.41) is 0.948. The van der Waals surface area contributed by atoms with Gasteiger partial charge in [0.25, 0.3) is 5.91 Å². The highest BCUT2D eigenvalue weighted by Crippen LogP contribution is 2.25. The summed E-state index contributed by atoms with van der Waals surface area (Å²) in [4.78, 5) is 22.6. The Labute approximate surface area is 203 Å². The molecule has 0 spiro atoms. The van der Waals surface area contributed by atoms with E-state index in [1.54, 1.807) is 6.20 Å². The van der Waals surface area contributed by atoms with E-state index in [1.807, 2.05) is 60.4 Å². The number of aryl methyl sites for hydroxylation is 1. The molecule has 1 amide bonds. The van der Waals surface area contributed by atoms with Gasteiger partial charge in [-0.1, -0.05) is 18.2 Å².